The third kappa shape index (κ3) is 3.98. The molecule has 1 aliphatic rings. The molecule has 0 saturated carbocycles. The molecule has 1 aliphatic heterocycles. The summed E-state index contributed by atoms with van der Waals surface area (Å²) in [4.78, 5) is 13.2. The fourth-order valence-corrected chi connectivity index (χ4v) is 3.83. The highest BCUT2D eigenvalue weighted by atomic mass is 79.9. The van der Waals surface area contributed by atoms with Crippen LogP contribution in [0.25, 0.3) is 0 Å². The van der Waals surface area contributed by atoms with Crippen LogP contribution in [0.1, 0.15) is 39.7 Å². The van der Waals surface area contributed by atoms with E-state index < -0.39 is 0 Å². The molecule has 0 aliphatic carbocycles. The van der Waals surface area contributed by atoms with Crippen LogP contribution in [0.2, 0.25) is 0 Å². The number of nitrogens with zero attached hydrogens (tertiary/aromatic N) is 2. The van der Waals surface area contributed by atoms with Crippen molar-refractivity contribution in [1.29, 1.82) is 0 Å². The monoisotopic (exact) mass is 468 g/mol. The molecular weight excluding hydrogens is 448 g/mol. The average Bonchev–Trinajstić information content (AvgIpc) is 3.39. The van der Waals surface area contributed by atoms with Gasteiger partial charge in [0, 0.05) is 12.5 Å². The molecule has 1 amide bonds. The van der Waals surface area contributed by atoms with Gasteiger partial charge in [-0.15, -0.1) is 0 Å². The Morgan fingerprint density at radius 3 is 2.43 bits per heavy atom. The maximum absolute atomic E-state index is 13.2. The maximum Gasteiger partial charge on any atom is 0.310 e. The van der Waals surface area contributed by atoms with Gasteiger partial charge < -0.3 is 13.9 Å². The SMILES string of the molecule is COc1cc(OC)cc([C@H]2CC(c3cccc(C)c3)=NN2C(=O)c2ccc(Br)o2)c1. The van der Waals surface area contributed by atoms with E-state index in [0.29, 0.717) is 22.6 Å². The van der Waals surface area contributed by atoms with Crippen molar-refractivity contribution in [2.24, 2.45) is 5.10 Å². The summed E-state index contributed by atoms with van der Waals surface area (Å²) in [6, 6.07) is 16.7. The summed E-state index contributed by atoms with van der Waals surface area (Å²) < 4.78 is 16.8. The van der Waals surface area contributed by atoms with Gasteiger partial charge in [-0.1, -0.05) is 29.8 Å². The first-order valence-electron chi connectivity index (χ1n) is 9.45. The van der Waals surface area contributed by atoms with E-state index in [1.54, 1.807) is 32.4 Å². The molecule has 0 spiro atoms. The predicted molar refractivity (Wildman–Crippen MR) is 117 cm³/mol. The number of ether oxygens (including phenoxy) is 2. The van der Waals surface area contributed by atoms with E-state index in [1.807, 2.05) is 37.3 Å². The number of halogens is 1. The van der Waals surface area contributed by atoms with Crippen LogP contribution >= 0.6 is 15.9 Å². The van der Waals surface area contributed by atoms with Crippen LogP contribution in [0.5, 0.6) is 11.5 Å². The number of methoxy groups -OCH3 is 2. The largest absolute Gasteiger partial charge is 0.497 e. The highest BCUT2D eigenvalue weighted by molar-refractivity contribution is 9.10. The lowest BCUT2D eigenvalue weighted by Gasteiger charge is -2.22. The van der Waals surface area contributed by atoms with Crippen LogP contribution in [-0.2, 0) is 0 Å². The molecule has 0 unspecified atom stereocenters. The summed E-state index contributed by atoms with van der Waals surface area (Å²) in [6.07, 6.45) is 0.563. The first kappa shape index (κ1) is 20.2. The summed E-state index contributed by atoms with van der Waals surface area (Å²) in [5, 5.41) is 6.18. The summed E-state index contributed by atoms with van der Waals surface area (Å²) in [7, 11) is 3.20. The van der Waals surface area contributed by atoms with Gasteiger partial charge in [0.1, 0.15) is 11.5 Å². The maximum atomic E-state index is 13.2. The smallest absolute Gasteiger partial charge is 0.310 e. The van der Waals surface area contributed by atoms with E-state index in [-0.39, 0.29) is 17.7 Å². The van der Waals surface area contributed by atoms with Crippen LogP contribution in [0, 0.1) is 6.92 Å². The molecule has 3 aromatic rings. The van der Waals surface area contributed by atoms with Gasteiger partial charge in [0.2, 0.25) is 0 Å². The molecule has 0 fully saturated rings. The molecule has 0 N–H and O–H groups in total. The van der Waals surface area contributed by atoms with Gasteiger partial charge in [0.25, 0.3) is 0 Å². The number of amides is 1. The molecule has 0 bridgehead atoms. The minimum Gasteiger partial charge on any atom is -0.497 e. The lowest BCUT2D eigenvalue weighted by molar-refractivity contribution is 0.0676. The summed E-state index contributed by atoms with van der Waals surface area (Å²) in [5.74, 6) is 1.22. The number of carbonyl (C=O) groups is 1. The second-order valence-corrected chi connectivity index (χ2v) is 7.82. The molecular formula is C23H21BrN2O4. The van der Waals surface area contributed by atoms with Crippen molar-refractivity contribution >= 4 is 27.5 Å². The first-order valence-corrected chi connectivity index (χ1v) is 10.2. The fraction of sp³-hybridized carbons (Fsp3) is 0.217. The van der Waals surface area contributed by atoms with Crippen molar-refractivity contribution in [2.75, 3.05) is 14.2 Å². The minimum atomic E-state index is -0.319. The molecule has 6 nitrogen and oxygen atoms in total. The van der Waals surface area contributed by atoms with Crippen LogP contribution in [0.4, 0.5) is 0 Å². The minimum absolute atomic E-state index is 0.218. The molecule has 2 aromatic carbocycles. The lowest BCUT2D eigenvalue weighted by Crippen LogP contribution is -2.26. The molecule has 2 heterocycles. The Labute approximate surface area is 183 Å². The number of aryl methyl sites for hydroxylation is 1. The van der Waals surface area contributed by atoms with Crippen molar-refractivity contribution < 1.29 is 18.7 Å². The molecule has 4 rings (SSSR count). The fourth-order valence-electron chi connectivity index (χ4n) is 3.52. The zero-order valence-corrected chi connectivity index (χ0v) is 18.5. The van der Waals surface area contributed by atoms with Gasteiger partial charge in [-0.2, -0.15) is 5.10 Å². The van der Waals surface area contributed by atoms with Crippen molar-refractivity contribution in [3.8, 4) is 11.5 Å². The van der Waals surface area contributed by atoms with Crippen molar-refractivity contribution in [3.05, 3.63) is 81.7 Å². The van der Waals surface area contributed by atoms with E-state index in [4.69, 9.17) is 19.0 Å². The third-order valence-electron chi connectivity index (χ3n) is 5.01. The summed E-state index contributed by atoms with van der Waals surface area (Å²) in [6.45, 7) is 2.03. The number of hydrazone groups is 1. The van der Waals surface area contributed by atoms with Gasteiger partial charge in [-0.05, 0) is 58.2 Å². The third-order valence-corrected chi connectivity index (χ3v) is 5.44. The van der Waals surface area contributed by atoms with E-state index >= 15 is 0 Å². The summed E-state index contributed by atoms with van der Waals surface area (Å²) in [5.41, 5.74) is 3.83. The van der Waals surface area contributed by atoms with Crippen LogP contribution in [0.3, 0.4) is 0 Å². The number of hydrogen-bond donors (Lipinski definition) is 0. The first-order chi connectivity index (χ1) is 14.5. The topological polar surface area (TPSA) is 64.3 Å². The van der Waals surface area contributed by atoms with E-state index in [0.717, 1.165) is 22.4 Å². The van der Waals surface area contributed by atoms with Crippen LogP contribution in [-0.4, -0.2) is 30.8 Å². The molecule has 0 saturated heterocycles. The van der Waals surface area contributed by atoms with Crippen molar-refractivity contribution in [1.82, 2.24) is 5.01 Å². The second kappa shape index (κ2) is 8.36. The highest BCUT2D eigenvalue weighted by Crippen LogP contribution is 2.37. The number of hydrogen-bond acceptors (Lipinski definition) is 5. The number of benzene rings is 2. The number of rotatable bonds is 5. The Morgan fingerprint density at radius 1 is 1.10 bits per heavy atom. The Hall–Kier alpha value is -3.06. The van der Waals surface area contributed by atoms with Gasteiger partial charge in [0.15, 0.2) is 10.4 Å². The molecule has 30 heavy (non-hydrogen) atoms. The quantitative estimate of drug-likeness (QED) is 0.505. The Kier molecular flexibility index (Phi) is 5.63. The Morgan fingerprint density at radius 2 is 1.83 bits per heavy atom. The van der Waals surface area contributed by atoms with Crippen molar-refractivity contribution in [3.63, 3.8) is 0 Å². The van der Waals surface area contributed by atoms with Gasteiger partial charge in [-0.3, -0.25) is 4.79 Å². The Bertz CT molecular complexity index is 1100. The van der Waals surface area contributed by atoms with Crippen LogP contribution < -0.4 is 9.47 Å². The zero-order chi connectivity index (χ0) is 21.3. The highest BCUT2D eigenvalue weighted by Gasteiger charge is 2.35. The molecule has 7 heteroatoms. The number of furan rings is 1. The molecule has 1 aromatic heterocycles. The van der Waals surface area contributed by atoms with E-state index in [1.165, 1.54) is 5.01 Å². The molecule has 154 valence electrons. The van der Waals surface area contributed by atoms with E-state index in [9.17, 15) is 4.79 Å². The van der Waals surface area contributed by atoms with Crippen LogP contribution in [0.15, 0.2) is 68.8 Å². The zero-order valence-electron chi connectivity index (χ0n) is 16.9. The van der Waals surface area contributed by atoms with Gasteiger partial charge in [-0.25, -0.2) is 5.01 Å². The Balaban J connectivity index is 1.77. The van der Waals surface area contributed by atoms with Gasteiger partial charge >= 0.3 is 5.91 Å². The van der Waals surface area contributed by atoms with E-state index in [2.05, 4.69) is 22.0 Å². The lowest BCUT2D eigenvalue weighted by atomic mass is 9.97. The van der Waals surface area contributed by atoms with Crippen molar-refractivity contribution in [2.45, 2.75) is 19.4 Å². The van der Waals surface area contributed by atoms with Gasteiger partial charge in [0.05, 0.1) is 26.0 Å². The second-order valence-electron chi connectivity index (χ2n) is 7.04. The summed E-state index contributed by atoms with van der Waals surface area (Å²) >= 11 is 3.26. The predicted octanol–water partition coefficient (Wildman–Crippen LogP) is 5.36. The standard InChI is InChI=1S/C23H21BrN2O4/c1-14-5-4-6-15(9-14)19-13-20(16-10-17(28-2)12-18(11-16)29-3)26(25-19)23(27)21-7-8-22(24)30-21/h4-12,20H,13H2,1-3H3/t20-/m1/s1. The normalized spacial score (nSPS) is 15.8. The molecule has 0 radical (unpaired) electrons. The molecule has 1 atom stereocenters. The average molecular weight is 469 g/mol. The number of carbonyl (C=O) groups excluding carboxylic acids is 1.